The van der Waals surface area contributed by atoms with Crippen molar-refractivity contribution in [2.45, 2.75) is 64.7 Å². The van der Waals surface area contributed by atoms with Gasteiger partial charge in [-0.25, -0.2) is 0 Å². The summed E-state index contributed by atoms with van der Waals surface area (Å²) in [4.78, 5) is 29.8. The molecule has 0 unspecified atom stereocenters. The van der Waals surface area contributed by atoms with Gasteiger partial charge in [0.05, 0.1) is 39.1 Å². The molecule has 1 fully saturated rings. The molecule has 8 heteroatoms. The van der Waals surface area contributed by atoms with Gasteiger partial charge < -0.3 is 28.7 Å². The van der Waals surface area contributed by atoms with Gasteiger partial charge in [-0.1, -0.05) is 26.7 Å². The monoisotopic (exact) mass is 493 g/mol. The molecule has 36 heavy (non-hydrogen) atoms. The normalized spacial score (nSPS) is 26.1. The van der Waals surface area contributed by atoms with Crippen molar-refractivity contribution in [1.29, 1.82) is 0 Å². The highest BCUT2D eigenvalue weighted by molar-refractivity contribution is 6.05. The van der Waals surface area contributed by atoms with Crippen molar-refractivity contribution in [1.82, 2.24) is 14.8 Å². The number of methoxy groups -OCH3 is 2. The molecule has 0 bridgehead atoms. The minimum absolute atomic E-state index is 0.0797. The Bertz CT molecular complexity index is 1280. The molecule has 0 saturated heterocycles. The molecule has 3 heterocycles. The van der Waals surface area contributed by atoms with Gasteiger partial charge in [-0.15, -0.1) is 0 Å². The third-order valence-electron chi connectivity index (χ3n) is 8.35. The van der Waals surface area contributed by atoms with Crippen LogP contribution in [0.1, 0.15) is 56.3 Å². The van der Waals surface area contributed by atoms with E-state index in [1.54, 1.807) is 31.4 Å². The first-order chi connectivity index (χ1) is 17.3. The summed E-state index contributed by atoms with van der Waals surface area (Å²) >= 11 is 0. The van der Waals surface area contributed by atoms with Gasteiger partial charge in [0.25, 0.3) is 5.91 Å². The van der Waals surface area contributed by atoms with E-state index in [-0.39, 0.29) is 30.9 Å². The first-order valence-electron chi connectivity index (χ1n) is 12.7. The van der Waals surface area contributed by atoms with Gasteiger partial charge in [-0.3, -0.25) is 9.59 Å². The maximum Gasteiger partial charge on any atom is 0.271 e. The van der Waals surface area contributed by atoms with Gasteiger partial charge in [0.1, 0.15) is 28.5 Å². The fraction of sp³-hybridized carbons (Fsp3) is 0.500. The van der Waals surface area contributed by atoms with Crippen molar-refractivity contribution in [3.63, 3.8) is 0 Å². The quantitative estimate of drug-likeness (QED) is 0.542. The van der Waals surface area contributed by atoms with Crippen LogP contribution in [0.3, 0.4) is 0 Å². The summed E-state index contributed by atoms with van der Waals surface area (Å²) < 4.78 is 18.7. The molecule has 1 N–H and O–H groups in total. The molecular weight excluding hydrogens is 458 g/mol. The Labute approximate surface area is 211 Å². The number of carbonyl (C=O) groups excluding carboxylic acids is 2. The van der Waals surface area contributed by atoms with Crippen LogP contribution < -0.4 is 14.8 Å². The maximum absolute atomic E-state index is 14.1. The van der Waals surface area contributed by atoms with Gasteiger partial charge in [-0.05, 0) is 55.5 Å². The molecule has 1 aliphatic heterocycles. The van der Waals surface area contributed by atoms with E-state index in [2.05, 4.69) is 19.2 Å². The van der Waals surface area contributed by atoms with Crippen LogP contribution in [0, 0.1) is 11.8 Å². The SMILES string of the molecule is COc1ccc(OC)c2c1cc1n2C[C@](C)(C(=O)N[C@@H]2CCC[C@@H](C)[C@@H]2C)N(Cc2ccco2)C1=O. The largest absolute Gasteiger partial charge is 0.496 e. The molecule has 3 aromatic rings. The van der Waals surface area contributed by atoms with Crippen LogP contribution in [0.15, 0.2) is 41.0 Å². The number of nitrogens with one attached hydrogen (secondary N) is 1. The van der Waals surface area contributed by atoms with E-state index in [9.17, 15) is 9.59 Å². The maximum atomic E-state index is 14.1. The number of furan rings is 1. The third kappa shape index (κ3) is 3.83. The van der Waals surface area contributed by atoms with E-state index in [1.807, 2.05) is 35.8 Å². The van der Waals surface area contributed by atoms with Crippen molar-refractivity contribution in [2.24, 2.45) is 11.8 Å². The number of nitrogens with zero attached hydrogens (tertiary/aromatic N) is 2. The Hall–Kier alpha value is -3.42. The molecule has 2 aliphatic rings. The third-order valence-corrected chi connectivity index (χ3v) is 8.35. The van der Waals surface area contributed by atoms with Gasteiger partial charge >= 0.3 is 0 Å². The van der Waals surface area contributed by atoms with E-state index >= 15 is 0 Å². The number of carbonyl (C=O) groups is 2. The highest BCUT2D eigenvalue weighted by Gasteiger charge is 2.49. The molecule has 2 amide bonds. The summed E-state index contributed by atoms with van der Waals surface area (Å²) in [5.41, 5.74) is 0.0953. The lowest BCUT2D eigenvalue weighted by molar-refractivity contribution is -0.134. The van der Waals surface area contributed by atoms with Crippen LogP contribution in [0.4, 0.5) is 0 Å². The van der Waals surface area contributed by atoms with Crippen LogP contribution in [0.25, 0.3) is 10.9 Å². The van der Waals surface area contributed by atoms with Crippen molar-refractivity contribution in [3.8, 4) is 11.5 Å². The summed E-state index contributed by atoms with van der Waals surface area (Å²) in [5, 5.41) is 4.10. The van der Waals surface area contributed by atoms with E-state index < -0.39 is 5.54 Å². The molecular formula is C28H35N3O5. The van der Waals surface area contributed by atoms with Crippen LogP contribution in [-0.4, -0.2) is 47.1 Å². The van der Waals surface area contributed by atoms with Crippen molar-refractivity contribution in [3.05, 3.63) is 48.0 Å². The number of benzene rings is 1. The predicted molar refractivity (Wildman–Crippen MR) is 136 cm³/mol. The van der Waals surface area contributed by atoms with Crippen molar-refractivity contribution in [2.75, 3.05) is 14.2 Å². The molecule has 1 aliphatic carbocycles. The average Bonchev–Trinajstić information content (AvgIpc) is 3.52. The molecule has 5 rings (SSSR count). The smallest absolute Gasteiger partial charge is 0.271 e. The number of rotatable bonds is 6. The minimum atomic E-state index is -1.14. The van der Waals surface area contributed by atoms with E-state index in [1.165, 1.54) is 6.42 Å². The molecule has 1 aromatic carbocycles. The lowest BCUT2D eigenvalue weighted by Gasteiger charge is -2.45. The van der Waals surface area contributed by atoms with Crippen LogP contribution in [-0.2, 0) is 17.9 Å². The lowest BCUT2D eigenvalue weighted by Crippen LogP contribution is -2.65. The van der Waals surface area contributed by atoms with E-state index in [0.717, 1.165) is 23.7 Å². The molecule has 2 aromatic heterocycles. The molecule has 8 nitrogen and oxygen atoms in total. The summed E-state index contributed by atoms with van der Waals surface area (Å²) in [6, 6.07) is 9.19. The average molecular weight is 494 g/mol. The van der Waals surface area contributed by atoms with E-state index in [4.69, 9.17) is 13.9 Å². The van der Waals surface area contributed by atoms with Gasteiger partial charge in [0, 0.05) is 11.4 Å². The zero-order valence-corrected chi connectivity index (χ0v) is 21.7. The van der Waals surface area contributed by atoms with Gasteiger partial charge in [-0.2, -0.15) is 0 Å². The van der Waals surface area contributed by atoms with Crippen LogP contribution in [0.5, 0.6) is 11.5 Å². The Morgan fingerprint density at radius 3 is 2.61 bits per heavy atom. The molecule has 1 saturated carbocycles. The number of hydrogen-bond donors (Lipinski definition) is 1. The topological polar surface area (TPSA) is 85.9 Å². The Kier molecular flexibility index (Phi) is 6.22. The highest BCUT2D eigenvalue weighted by atomic mass is 16.5. The molecule has 4 atom stereocenters. The molecule has 0 radical (unpaired) electrons. The van der Waals surface area contributed by atoms with Crippen molar-refractivity contribution >= 4 is 22.7 Å². The zero-order valence-electron chi connectivity index (χ0n) is 21.7. The van der Waals surface area contributed by atoms with Crippen molar-refractivity contribution < 1.29 is 23.5 Å². The Balaban J connectivity index is 1.60. The Morgan fingerprint density at radius 1 is 1.17 bits per heavy atom. The standard InChI is InChI=1S/C28H35N3O5/c1-17-8-6-10-21(18(17)2)29-27(33)28(3)16-30-22(26(32)31(28)15-19-9-7-13-36-19)14-20-23(34-4)11-12-24(35-5)25(20)30/h7,9,11-14,17-18,21H,6,8,10,15-16H2,1-5H3,(H,29,33)/t17-,18+,21-,28-/m1/s1. The van der Waals surface area contributed by atoms with Crippen LogP contribution >= 0.6 is 0 Å². The number of hydrogen-bond acceptors (Lipinski definition) is 5. The predicted octanol–water partition coefficient (Wildman–Crippen LogP) is 4.61. The summed E-state index contributed by atoms with van der Waals surface area (Å²) in [6.07, 6.45) is 4.79. The lowest BCUT2D eigenvalue weighted by atomic mass is 9.77. The minimum Gasteiger partial charge on any atom is -0.496 e. The second-order valence-electron chi connectivity index (χ2n) is 10.4. The zero-order chi connectivity index (χ0) is 25.6. The summed E-state index contributed by atoms with van der Waals surface area (Å²) in [6.45, 7) is 6.78. The van der Waals surface area contributed by atoms with Gasteiger partial charge in [0.2, 0.25) is 5.91 Å². The highest BCUT2D eigenvalue weighted by Crippen LogP contribution is 2.41. The molecule has 0 spiro atoms. The molecule has 192 valence electrons. The van der Waals surface area contributed by atoms with E-state index in [0.29, 0.717) is 34.8 Å². The first kappa shape index (κ1) is 24.3. The summed E-state index contributed by atoms with van der Waals surface area (Å²) in [7, 11) is 3.21. The Morgan fingerprint density at radius 2 is 1.92 bits per heavy atom. The number of aromatic nitrogens is 1. The second-order valence-corrected chi connectivity index (χ2v) is 10.4. The fourth-order valence-electron chi connectivity index (χ4n) is 5.87. The second kappa shape index (κ2) is 9.22. The van der Waals surface area contributed by atoms with Crippen LogP contribution in [0.2, 0.25) is 0 Å². The first-order valence-corrected chi connectivity index (χ1v) is 12.7. The fourth-order valence-corrected chi connectivity index (χ4v) is 5.87. The number of ether oxygens (including phenoxy) is 2. The summed E-state index contributed by atoms with van der Waals surface area (Å²) in [5.74, 6) is 2.43. The number of amides is 2. The number of fused-ring (bicyclic) bond motifs is 3. The van der Waals surface area contributed by atoms with Gasteiger partial charge in [0.15, 0.2) is 0 Å².